The first-order valence-electron chi connectivity index (χ1n) is 6.41. The van der Waals surface area contributed by atoms with E-state index in [1.807, 2.05) is 6.92 Å². The van der Waals surface area contributed by atoms with Gasteiger partial charge in [-0.2, -0.15) is 4.98 Å². The lowest BCUT2D eigenvalue weighted by molar-refractivity contribution is -0.116. The fraction of sp³-hybridized carbons (Fsp3) is 0.308. The SMILES string of the molecule is CCSc1n[nH]c(NC(=O)CCOc2ccc(Cl)cc2)n1. The van der Waals surface area contributed by atoms with Crippen molar-refractivity contribution in [2.45, 2.75) is 18.5 Å². The summed E-state index contributed by atoms with van der Waals surface area (Å²) in [5.41, 5.74) is 0. The zero-order valence-electron chi connectivity index (χ0n) is 11.4. The van der Waals surface area contributed by atoms with Crippen LogP contribution >= 0.6 is 23.4 Å². The zero-order chi connectivity index (χ0) is 15.1. The third-order valence-electron chi connectivity index (χ3n) is 2.41. The molecule has 0 fully saturated rings. The molecule has 0 aliphatic carbocycles. The molecule has 2 aromatic rings. The van der Waals surface area contributed by atoms with E-state index >= 15 is 0 Å². The van der Waals surface area contributed by atoms with Crippen molar-refractivity contribution in [2.24, 2.45) is 0 Å². The Morgan fingerprint density at radius 1 is 1.43 bits per heavy atom. The van der Waals surface area contributed by atoms with Crippen LogP contribution in [-0.2, 0) is 4.79 Å². The van der Waals surface area contributed by atoms with Gasteiger partial charge in [-0.1, -0.05) is 30.3 Å². The number of hydrogen-bond donors (Lipinski definition) is 2. The maximum atomic E-state index is 11.7. The van der Waals surface area contributed by atoms with Crippen LogP contribution < -0.4 is 10.1 Å². The average molecular weight is 327 g/mol. The molecule has 0 bridgehead atoms. The highest BCUT2D eigenvalue weighted by atomic mass is 35.5. The minimum Gasteiger partial charge on any atom is -0.493 e. The van der Waals surface area contributed by atoms with Crippen LogP contribution in [0.5, 0.6) is 5.75 Å². The molecule has 112 valence electrons. The highest BCUT2D eigenvalue weighted by Crippen LogP contribution is 2.16. The number of benzene rings is 1. The normalized spacial score (nSPS) is 10.4. The van der Waals surface area contributed by atoms with Crippen molar-refractivity contribution < 1.29 is 9.53 Å². The molecule has 0 spiro atoms. The van der Waals surface area contributed by atoms with Crippen LogP contribution in [0.1, 0.15) is 13.3 Å². The maximum Gasteiger partial charge on any atom is 0.230 e. The summed E-state index contributed by atoms with van der Waals surface area (Å²) < 4.78 is 5.44. The minimum absolute atomic E-state index is 0.187. The second kappa shape index (κ2) is 7.90. The number of aromatic nitrogens is 3. The Morgan fingerprint density at radius 3 is 2.90 bits per heavy atom. The third-order valence-corrected chi connectivity index (χ3v) is 3.39. The molecule has 1 amide bonds. The molecule has 1 heterocycles. The zero-order valence-corrected chi connectivity index (χ0v) is 13.0. The molecular weight excluding hydrogens is 312 g/mol. The summed E-state index contributed by atoms with van der Waals surface area (Å²) in [6, 6.07) is 6.98. The molecule has 0 radical (unpaired) electrons. The number of carbonyl (C=O) groups excluding carboxylic acids is 1. The van der Waals surface area contributed by atoms with Gasteiger partial charge in [-0.05, 0) is 30.0 Å². The van der Waals surface area contributed by atoms with E-state index in [1.54, 1.807) is 24.3 Å². The molecule has 0 saturated heterocycles. The molecule has 0 aliphatic heterocycles. The topological polar surface area (TPSA) is 79.9 Å². The van der Waals surface area contributed by atoms with Gasteiger partial charge in [0.15, 0.2) is 0 Å². The number of hydrogen-bond acceptors (Lipinski definition) is 5. The van der Waals surface area contributed by atoms with Crippen LogP contribution in [0.25, 0.3) is 0 Å². The van der Waals surface area contributed by atoms with Gasteiger partial charge in [0.2, 0.25) is 17.0 Å². The Labute approximate surface area is 131 Å². The average Bonchev–Trinajstić information content (AvgIpc) is 2.89. The van der Waals surface area contributed by atoms with E-state index in [0.717, 1.165) is 5.75 Å². The van der Waals surface area contributed by atoms with E-state index in [4.69, 9.17) is 16.3 Å². The van der Waals surface area contributed by atoms with E-state index in [0.29, 0.717) is 21.9 Å². The molecule has 21 heavy (non-hydrogen) atoms. The molecule has 8 heteroatoms. The molecule has 1 aromatic carbocycles. The van der Waals surface area contributed by atoms with Crippen molar-refractivity contribution >= 4 is 35.2 Å². The predicted octanol–water partition coefficient (Wildman–Crippen LogP) is 2.98. The van der Waals surface area contributed by atoms with Gasteiger partial charge in [0.25, 0.3) is 0 Å². The molecule has 6 nitrogen and oxygen atoms in total. The van der Waals surface area contributed by atoms with Crippen molar-refractivity contribution in [3.05, 3.63) is 29.3 Å². The van der Waals surface area contributed by atoms with Crippen LogP contribution in [0, 0.1) is 0 Å². The van der Waals surface area contributed by atoms with Gasteiger partial charge in [-0.3, -0.25) is 10.1 Å². The van der Waals surface area contributed by atoms with Gasteiger partial charge in [0.05, 0.1) is 13.0 Å². The molecule has 0 unspecified atom stereocenters. The molecule has 0 saturated carbocycles. The van der Waals surface area contributed by atoms with Crippen LogP contribution in [0.15, 0.2) is 29.4 Å². The first-order valence-corrected chi connectivity index (χ1v) is 7.77. The Bertz CT molecular complexity index is 588. The highest BCUT2D eigenvalue weighted by molar-refractivity contribution is 7.99. The van der Waals surface area contributed by atoms with Gasteiger partial charge in [-0.15, -0.1) is 5.10 Å². The van der Waals surface area contributed by atoms with Gasteiger partial charge in [-0.25, -0.2) is 5.10 Å². The molecule has 1 aromatic heterocycles. The number of rotatable bonds is 7. The van der Waals surface area contributed by atoms with Crippen LogP contribution in [0.4, 0.5) is 5.95 Å². The summed E-state index contributed by atoms with van der Waals surface area (Å²) >= 11 is 7.27. The van der Waals surface area contributed by atoms with Crippen molar-refractivity contribution in [3.63, 3.8) is 0 Å². The van der Waals surface area contributed by atoms with Crippen molar-refractivity contribution in [1.29, 1.82) is 0 Å². The second-order valence-electron chi connectivity index (χ2n) is 4.00. The number of ether oxygens (including phenoxy) is 1. The van der Waals surface area contributed by atoms with E-state index < -0.39 is 0 Å². The number of thioether (sulfide) groups is 1. The third kappa shape index (κ3) is 5.28. The number of H-pyrrole nitrogens is 1. The number of nitrogens with zero attached hydrogens (tertiary/aromatic N) is 2. The minimum atomic E-state index is -0.187. The Morgan fingerprint density at radius 2 is 2.19 bits per heavy atom. The second-order valence-corrected chi connectivity index (χ2v) is 5.67. The Balaban J connectivity index is 1.72. The summed E-state index contributed by atoms with van der Waals surface area (Å²) in [6.45, 7) is 2.28. The van der Waals surface area contributed by atoms with E-state index in [1.165, 1.54) is 11.8 Å². The van der Waals surface area contributed by atoms with Gasteiger partial charge >= 0.3 is 0 Å². The number of carbonyl (C=O) groups is 1. The number of halogens is 1. The molecule has 0 atom stereocenters. The molecule has 2 N–H and O–H groups in total. The summed E-state index contributed by atoms with van der Waals surface area (Å²) in [5.74, 6) is 1.71. The Hall–Kier alpha value is -1.73. The van der Waals surface area contributed by atoms with Crippen molar-refractivity contribution in [2.75, 3.05) is 17.7 Å². The first kappa shape index (κ1) is 15.7. The summed E-state index contributed by atoms with van der Waals surface area (Å²) in [5, 5.41) is 10.5. The predicted molar refractivity (Wildman–Crippen MR) is 83.0 cm³/mol. The number of aromatic amines is 1. The molecule has 2 rings (SSSR count). The van der Waals surface area contributed by atoms with E-state index in [2.05, 4.69) is 20.5 Å². The van der Waals surface area contributed by atoms with Gasteiger partial charge in [0, 0.05) is 5.02 Å². The summed E-state index contributed by atoms with van der Waals surface area (Å²) in [7, 11) is 0. The highest BCUT2D eigenvalue weighted by Gasteiger charge is 2.07. The molecular formula is C13H15ClN4O2S. The smallest absolute Gasteiger partial charge is 0.230 e. The monoisotopic (exact) mass is 326 g/mol. The fourth-order valence-electron chi connectivity index (χ4n) is 1.48. The lowest BCUT2D eigenvalue weighted by atomic mass is 10.3. The van der Waals surface area contributed by atoms with Crippen molar-refractivity contribution in [3.8, 4) is 5.75 Å². The van der Waals surface area contributed by atoms with Crippen LogP contribution in [-0.4, -0.2) is 33.4 Å². The van der Waals surface area contributed by atoms with E-state index in [-0.39, 0.29) is 18.9 Å². The standard InChI is InChI=1S/C13H15ClN4O2S/c1-2-21-13-16-12(17-18-13)15-11(19)7-8-20-10-5-3-9(14)4-6-10/h3-6H,2,7-8H2,1H3,(H2,15,16,17,18,19). The molecule has 0 aliphatic rings. The van der Waals surface area contributed by atoms with Crippen molar-refractivity contribution in [1.82, 2.24) is 15.2 Å². The van der Waals surface area contributed by atoms with Crippen LogP contribution in [0.3, 0.4) is 0 Å². The maximum absolute atomic E-state index is 11.7. The fourth-order valence-corrected chi connectivity index (χ4v) is 2.13. The summed E-state index contributed by atoms with van der Waals surface area (Å²) in [4.78, 5) is 15.8. The number of amides is 1. The largest absolute Gasteiger partial charge is 0.493 e. The first-order chi connectivity index (χ1) is 10.2. The van der Waals surface area contributed by atoms with Gasteiger partial charge < -0.3 is 4.74 Å². The van der Waals surface area contributed by atoms with Gasteiger partial charge in [0.1, 0.15) is 5.75 Å². The lowest BCUT2D eigenvalue weighted by Crippen LogP contribution is -2.16. The van der Waals surface area contributed by atoms with E-state index in [9.17, 15) is 4.79 Å². The lowest BCUT2D eigenvalue weighted by Gasteiger charge is -2.05. The quantitative estimate of drug-likeness (QED) is 0.765. The number of anilines is 1. The Kier molecular flexibility index (Phi) is 5.89. The summed E-state index contributed by atoms with van der Waals surface area (Å²) in [6.07, 6.45) is 0.222. The number of nitrogens with one attached hydrogen (secondary N) is 2. The van der Waals surface area contributed by atoms with Crippen LogP contribution in [0.2, 0.25) is 5.02 Å².